The second kappa shape index (κ2) is 6.92. The van der Waals surface area contributed by atoms with Gasteiger partial charge in [-0.15, -0.1) is 11.3 Å². The molecule has 3 nitrogen and oxygen atoms in total. The average Bonchev–Trinajstić information content (AvgIpc) is 2.99. The molecule has 4 heteroatoms. The Morgan fingerprint density at radius 2 is 2.00 bits per heavy atom. The van der Waals surface area contributed by atoms with Gasteiger partial charge in [0.1, 0.15) is 11.9 Å². The van der Waals surface area contributed by atoms with E-state index in [4.69, 9.17) is 4.74 Å². The van der Waals surface area contributed by atoms with E-state index in [0.29, 0.717) is 13.1 Å². The molecule has 2 N–H and O–H groups in total. The van der Waals surface area contributed by atoms with Crippen molar-refractivity contribution in [1.29, 1.82) is 0 Å². The summed E-state index contributed by atoms with van der Waals surface area (Å²) in [5.41, 5.74) is 1.14. The van der Waals surface area contributed by atoms with Gasteiger partial charge in [0.15, 0.2) is 0 Å². The molecule has 0 bridgehead atoms. The van der Waals surface area contributed by atoms with E-state index >= 15 is 0 Å². The van der Waals surface area contributed by atoms with Crippen LogP contribution >= 0.6 is 11.3 Å². The lowest BCUT2D eigenvalue weighted by Gasteiger charge is -2.10. The summed E-state index contributed by atoms with van der Waals surface area (Å²) in [6.07, 6.45) is -0.483. The average molecular weight is 313 g/mol. The minimum Gasteiger partial charge on any atom is -0.497 e. The van der Waals surface area contributed by atoms with Crippen LogP contribution in [0.5, 0.6) is 5.75 Å². The maximum atomic E-state index is 10.3. The Bertz CT molecular complexity index is 720. The van der Waals surface area contributed by atoms with Gasteiger partial charge in [-0.25, -0.2) is 0 Å². The first-order valence-electron chi connectivity index (χ1n) is 7.26. The van der Waals surface area contributed by atoms with Crippen LogP contribution in [-0.4, -0.2) is 18.8 Å². The molecule has 0 amide bonds. The predicted molar refractivity (Wildman–Crippen MR) is 91.5 cm³/mol. The molecule has 0 fully saturated rings. The Kier molecular flexibility index (Phi) is 4.73. The molecule has 3 rings (SSSR count). The van der Waals surface area contributed by atoms with Crippen molar-refractivity contribution in [2.24, 2.45) is 0 Å². The highest BCUT2D eigenvalue weighted by atomic mass is 32.1. The zero-order valence-electron chi connectivity index (χ0n) is 12.5. The van der Waals surface area contributed by atoms with E-state index in [-0.39, 0.29) is 0 Å². The smallest absolute Gasteiger partial charge is 0.119 e. The molecule has 0 radical (unpaired) electrons. The van der Waals surface area contributed by atoms with E-state index in [1.165, 1.54) is 10.1 Å². The fraction of sp³-hybridized carbons (Fsp3) is 0.222. The number of benzene rings is 2. The maximum absolute atomic E-state index is 10.3. The Morgan fingerprint density at radius 1 is 1.14 bits per heavy atom. The van der Waals surface area contributed by atoms with E-state index < -0.39 is 6.10 Å². The van der Waals surface area contributed by atoms with Gasteiger partial charge in [-0.05, 0) is 35.2 Å². The largest absolute Gasteiger partial charge is 0.497 e. The highest BCUT2D eigenvalue weighted by molar-refractivity contribution is 7.19. The van der Waals surface area contributed by atoms with Crippen LogP contribution in [0.2, 0.25) is 0 Å². The number of aliphatic hydroxyl groups is 1. The topological polar surface area (TPSA) is 41.5 Å². The fourth-order valence-electron chi connectivity index (χ4n) is 2.40. The van der Waals surface area contributed by atoms with E-state index in [1.54, 1.807) is 18.4 Å². The number of aliphatic hydroxyl groups excluding tert-OH is 1. The molecule has 3 aromatic rings. The van der Waals surface area contributed by atoms with Gasteiger partial charge in [0.25, 0.3) is 0 Å². The number of nitrogens with one attached hydrogen (secondary N) is 1. The van der Waals surface area contributed by atoms with Gasteiger partial charge in [-0.2, -0.15) is 0 Å². The second-order valence-corrected chi connectivity index (χ2v) is 6.30. The fourth-order valence-corrected chi connectivity index (χ4v) is 3.45. The molecule has 2 aromatic carbocycles. The van der Waals surface area contributed by atoms with Gasteiger partial charge in [-0.1, -0.05) is 30.3 Å². The lowest BCUT2D eigenvalue weighted by molar-refractivity contribution is 0.178. The summed E-state index contributed by atoms with van der Waals surface area (Å²) < 4.78 is 6.42. The molecule has 0 spiro atoms. The van der Waals surface area contributed by atoms with Gasteiger partial charge in [-0.3, -0.25) is 0 Å². The number of ether oxygens (including phenoxy) is 1. The van der Waals surface area contributed by atoms with Crippen molar-refractivity contribution in [3.63, 3.8) is 0 Å². The van der Waals surface area contributed by atoms with E-state index in [9.17, 15) is 5.11 Å². The lowest BCUT2D eigenvalue weighted by Crippen LogP contribution is -2.20. The minimum absolute atomic E-state index is 0.483. The quantitative estimate of drug-likeness (QED) is 0.728. The maximum Gasteiger partial charge on any atom is 0.119 e. The monoisotopic (exact) mass is 313 g/mol. The molecule has 22 heavy (non-hydrogen) atoms. The van der Waals surface area contributed by atoms with E-state index in [0.717, 1.165) is 16.2 Å². The molecule has 1 atom stereocenters. The summed E-state index contributed by atoms with van der Waals surface area (Å²) in [4.78, 5) is 0.999. The van der Waals surface area contributed by atoms with Gasteiger partial charge >= 0.3 is 0 Å². The van der Waals surface area contributed by atoms with Gasteiger partial charge in [0, 0.05) is 22.7 Å². The molecule has 1 aromatic heterocycles. The second-order valence-electron chi connectivity index (χ2n) is 5.18. The van der Waals surface area contributed by atoms with Crippen molar-refractivity contribution < 1.29 is 9.84 Å². The number of methoxy groups -OCH3 is 1. The number of thiophene rings is 1. The van der Waals surface area contributed by atoms with E-state index in [1.807, 2.05) is 36.4 Å². The number of fused-ring (bicyclic) bond motifs is 1. The molecular formula is C18H19NO2S. The van der Waals surface area contributed by atoms with Gasteiger partial charge in [0.05, 0.1) is 7.11 Å². The third-order valence-corrected chi connectivity index (χ3v) is 4.79. The zero-order chi connectivity index (χ0) is 15.4. The molecule has 1 unspecified atom stereocenters. The molecule has 0 saturated heterocycles. The molecule has 0 aliphatic carbocycles. The number of hydrogen-bond donors (Lipinski definition) is 2. The standard InChI is InChI=1S/C18H19NO2S/c1-21-15-7-4-5-13(9-15)11-19-12-16(20)18-10-14-6-2-3-8-17(14)22-18/h2-10,16,19-20H,11-12H2,1H3. The first-order chi connectivity index (χ1) is 10.8. The molecular weight excluding hydrogens is 294 g/mol. The highest BCUT2D eigenvalue weighted by Crippen LogP contribution is 2.29. The molecule has 0 aliphatic heterocycles. The van der Waals surface area contributed by atoms with Gasteiger partial charge < -0.3 is 15.2 Å². The summed E-state index contributed by atoms with van der Waals surface area (Å²) >= 11 is 1.65. The van der Waals surface area contributed by atoms with Crippen LogP contribution in [0, 0.1) is 0 Å². The van der Waals surface area contributed by atoms with Crippen LogP contribution < -0.4 is 10.1 Å². The summed E-state index contributed by atoms with van der Waals surface area (Å²) in [6, 6.07) is 18.2. The van der Waals surface area contributed by atoms with Crippen molar-refractivity contribution in [1.82, 2.24) is 5.32 Å². The molecule has 1 heterocycles. The Labute approximate surface area is 134 Å². The normalized spacial score (nSPS) is 12.5. The van der Waals surface area contributed by atoms with Crippen molar-refractivity contribution in [3.8, 4) is 5.75 Å². The highest BCUT2D eigenvalue weighted by Gasteiger charge is 2.11. The third-order valence-electron chi connectivity index (χ3n) is 3.57. The Hall–Kier alpha value is -1.88. The molecule has 0 aliphatic rings. The Balaban J connectivity index is 1.58. The van der Waals surface area contributed by atoms with Crippen molar-refractivity contribution in [2.45, 2.75) is 12.6 Å². The van der Waals surface area contributed by atoms with Crippen LogP contribution in [0.25, 0.3) is 10.1 Å². The summed E-state index contributed by atoms with van der Waals surface area (Å²) in [5.74, 6) is 0.851. The third kappa shape index (κ3) is 3.47. The SMILES string of the molecule is COc1cccc(CNCC(O)c2cc3ccccc3s2)c1. The van der Waals surface area contributed by atoms with Gasteiger partial charge in [0.2, 0.25) is 0 Å². The Morgan fingerprint density at radius 3 is 2.82 bits per heavy atom. The summed E-state index contributed by atoms with van der Waals surface area (Å²) in [5, 5.41) is 14.8. The van der Waals surface area contributed by atoms with Crippen molar-refractivity contribution in [2.75, 3.05) is 13.7 Å². The first-order valence-corrected chi connectivity index (χ1v) is 8.08. The van der Waals surface area contributed by atoms with Crippen LogP contribution in [0.15, 0.2) is 54.6 Å². The first kappa shape index (κ1) is 15.0. The van der Waals surface area contributed by atoms with Crippen LogP contribution in [-0.2, 0) is 6.54 Å². The van der Waals surface area contributed by atoms with E-state index in [2.05, 4.69) is 23.5 Å². The van der Waals surface area contributed by atoms with Crippen molar-refractivity contribution >= 4 is 21.4 Å². The zero-order valence-corrected chi connectivity index (χ0v) is 13.3. The van der Waals surface area contributed by atoms with Crippen molar-refractivity contribution in [3.05, 3.63) is 65.0 Å². The minimum atomic E-state index is -0.483. The molecule has 0 saturated carbocycles. The number of rotatable bonds is 6. The predicted octanol–water partition coefficient (Wildman–Crippen LogP) is 3.73. The summed E-state index contributed by atoms with van der Waals surface area (Å²) in [6.45, 7) is 1.24. The number of hydrogen-bond acceptors (Lipinski definition) is 4. The molecule has 114 valence electrons. The van der Waals surface area contributed by atoms with Crippen LogP contribution in [0.3, 0.4) is 0 Å². The van der Waals surface area contributed by atoms with Crippen LogP contribution in [0.1, 0.15) is 16.5 Å². The van der Waals surface area contributed by atoms with Crippen LogP contribution in [0.4, 0.5) is 0 Å². The lowest BCUT2D eigenvalue weighted by atomic mass is 10.2. The summed E-state index contributed by atoms with van der Waals surface area (Å²) in [7, 11) is 1.66.